The minimum atomic E-state index is -1.09. The largest absolute Gasteiger partial charge is 0.478 e. The summed E-state index contributed by atoms with van der Waals surface area (Å²) in [4.78, 5) is 42.1. The van der Waals surface area contributed by atoms with Gasteiger partial charge in [-0.3, -0.25) is 14.5 Å². The third-order valence-corrected chi connectivity index (χ3v) is 5.76. The molecule has 2 amide bonds. The minimum Gasteiger partial charge on any atom is -0.478 e. The molecule has 0 radical (unpaired) electrons. The number of hydrogen-bond donors (Lipinski definition) is 2. The van der Waals surface area contributed by atoms with Crippen molar-refractivity contribution in [1.82, 2.24) is 4.90 Å². The Labute approximate surface area is 175 Å². The lowest BCUT2D eigenvalue weighted by Crippen LogP contribution is -2.43. The average molecular weight is 427 g/mol. The van der Waals surface area contributed by atoms with Crippen LogP contribution in [0.25, 0.3) is 0 Å². The highest BCUT2D eigenvalue weighted by molar-refractivity contribution is 8.15. The first kappa shape index (κ1) is 19.8. The van der Waals surface area contributed by atoms with Crippen LogP contribution in [0, 0.1) is 0 Å². The van der Waals surface area contributed by atoms with Gasteiger partial charge in [0.1, 0.15) is 5.25 Å². The second-order valence-electron chi connectivity index (χ2n) is 6.57. The maximum Gasteiger partial charge on any atom is 0.335 e. The lowest BCUT2D eigenvalue weighted by atomic mass is 10.2. The van der Waals surface area contributed by atoms with Gasteiger partial charge in [-0.25, -0.2) is 9.79 Å². The van der Waals surface area contributed by atoms with Crippen molar-refractivity contribution >= 4 is 46.1 Å². The number of hydrogen-bond acceptors (Lipinski definition) is 7. The standard InChI is InChI=1S/C20H17N3O6S/c1-23-17(24)9-16(18(25)21-12-4-2-3-11(7-12)19(26)27)30-20(23)22-13-5-6-14-15(8-13)29-10-28-14/h2-8,16H,9-10H2,1H3,(H,21,25)(H,26,27)/t16-/m0/s1. The molecule has 154 valence electrons. The van der Waals surface area contributed by atoms with Gasteiger partial charge in [-0.05, 0) is 30.3 Å². The highest BCUT2D eigenvalue weighted by Crippen LogP contribution is 2.36. The summed E-state index contributed by atoms with van der Waals surface area (Å²) in [5.74, 6) is -0.539. The summed E-state index contributed by atoms with van der Waals surface area (Å²) < 4.78 is 10.6. The Morgan fingerprint density at radius 2 is 2.00 bits per heavy atom. The van der Waals surface area contributed by atoms with E-state index in [1.165, 1.54) is 17.0 Å². The molecule has 2 heterocycles. The van der Waals surface area contributed by atoms with Gasteiger partial charge in [-0.2, -0.15) is 0 Å². The highest BCUT2D eigenvalue weighted by atomic mass is 32.2. The Morgan fingerprint density at radius 1 is 1.20 bits per heavy atom. The summed E-state index contributed by atoms with van der Waals surface area (Å²) in [6.45, 7) is 0.147. The van der Waals surface area contributed by atoms with Crippen LogP contribution in [0.3, 0.4) is 0 Å². The summed E-state index contributed by atoms with van der Waals surface area (Å²) >= 11 is 1.16. The molecule has 2 N–H and O–H groups in total. The van der Waals surface area contributed by atoms with Crippen molar-refractivity contribution in [2.45, 2.75) is 11.7 Å². The maximum absolute atomic E-state index is 12.7. The number of aliphatic imine (C=N–C) groups is 1. The number of carbonyl (C=O) groups excluding carboxylic acids is 2. The Balaban J connectivity index is 1.52. The predicted molar refractivity (Wildman–Crippen MR) is 110 cm³/mol. The van der Waals surface area contributed by atoms with E-state index >= 15 is 0 Å². The summed E-state index contributed by atoms with van der Waals surface area (Å²) in [6.07, 6.45) is 0.00573. The van der Waals surface area contributed by atoms with Crippen LogP contribution >= 0.6 is 11.8 Å². The molecule has 2 aliphatic heterocycles. The van der Waals surface area contributed by atoms with Crippen molar-refractivity contribution < 1.29 is 29.0 Å². The molecule has 2 aromatic rings. The summed E-state index contributed by atoms with van der Waals surface area (Å²) in [7, 11) is 1.60. The molecule has 0 spiro atoms. The molecule has 2 aromatic carbocycles. The SMILES string of the molecule is CN1C(=O)C[C@@H](C(=O)Nc2cccc(C(=O)O)c2)SC1=Nc1ccc2c(c1)OCO2. The first-order chi connectivity index (χ1) is 14.4. The molecular weight excluding hydrogens is 410 g/mol. The molecule has 0 unspecified atom stereocenters. The quantitative estimate of drug-likeness (QED) is 0.770. The molecule has 9 nitrogen and oxygen atoms in total. The molecule has 0 bridgehead atoms. The molecule has 0 saturated carbocycles. The number of aromatic carboxylic acids is 1. The molecule has 1 atom stereocenters. The fourth-order valence-corrected chi connectivity index (χ4v) is 3.98. The Bertz CT molecular complexity index is 1070. The third-order valence-electron chi connectivity index (χ3n) is 4.52. The van der Waals surface area contributed by atoms with E-state index < -0.39 is 17.1 Å². The van der Waals surface area contributed by atoms with Crippen LogP contribution < -0.4 is 14.8 Å². The lowest BCUT2D eigenvalue weighted by Gasteiger charge is -2.28. The number of carboxylic acids is 1. The van der Waals surface area contributed by atoms with E-state index in [4.69, 9.17) is 14.6 Å². The van der Waals surface area contributed by atoms with Crippen LogP contribution in [0.4, 0.5) is 11.4 Å². The number of amides is 2. The number of amidine groups is 1. The maximum atomic E-state index is 12.7. The van der Waals surface area contributed by atoms with Crippen LogP contribution in [-0.4, -0.2) is 52.0 Å². The number of nitrogens with zero attached hydrogens (tertiary/aromatic N) is 2. The number of ether oxygens (including phenoxy) is 2. The number of fused-ring (bicyclic) bond motifs is 1. The van der Waals surface area contributed by atoms with Gasteiger partial charge in [0, 0.05) is 25.2 Å². The van der Waals surface area contributed by atoms with E-state index in [-0.39, 0.29) is 24.7 Å². The molecule has 4 rings (SSSR count). The number of anilines is 1. The molecular formula is C20H17N3O6S. The third kappa shape index (κ3) is 4.08. The fraction of sp³-hybridized carbons (Fsp3) is 0.200. The van der Waals surface area contributed by atoms with Gasteiger partial charge in [-0.1, -0.05) is 17.8 Å². The average Bonchev–Trinajstić information content (AvgIpc) is 3.19. The number of carboxylic acid groups (broad SMARTS) is 1. The van der Waals surface area contributed by atoms with Crippen LogP contribution in [-0.2, 0) is 9.59 Å². The van der Waals surface area contributed by atoms with E-state index in [2.05, 4.69) is 10.3 Å². The van der Waals surface area contributed by atoms with Crippen molar-refractivity contribution in [2.75, 3.05) is 19.2 Å². The van der Waals surface area contributed by atoms with Gasteiger partial charge in [0.05, 0.1) is 11.3 Å². The summed E-state index contributed by atoms with van der Waals surface area (Å²) in [5, 5.41) is 11.4. The smallest absolute Gasteiger partial charge is 0.335 e. The fourth-order valence-electron chi connectivity index (χ4n) is 2.92. The first-order valence-electron chi connectivity index (χ1n) is 8.96. The monoisotopic (exact) mass is 427 g/mol. The van der Waals surface area contributed by atoms with Crippen molar-refractivity contribution in [2.24, 2.45) is 4.99 Å². The van der Waals surface area contributed by atoms with Gasteiger partial charge in [0.15, 0.2) is 16.7 Å². The number of thioether (sulfide) groups is 1. The van der Waals surface area contributed by atoms with Crippen LogP contribution in [0.15, 0.2) is 47.5 Å². The summed E-state index contributed by atoms with van der Waals surface area (Å²) in [5.41, 5.74) is 0.975. The Hall–Kier alpha value is -3.53. The number of nitrogens with one attached hydrogen (secondary N) is 1. The lowest BCUT2D eigenvalue weighted by molar-refractivity contribution is -0.128. The summed E-state index contributed by atoms with van der Waals surface area (Å²) in [6, 6.07) is 11.1. The van der Waals surface area contributed by atoms with Gasteiger partial charge in [0.25, 0.3) is 0 Å². The predicted octanol–water partition coefficient (Wildman–Crippen LogP) is 2.70. The second kappa shape index (κ2) is 8.07. The first-order valence-corrected chi connectivity index (χ1v) is 9.84. The van der Waals surface area contributed by atoms with Crippen molar-refractivity contribution in [3.63, 3.8) is 0 Å². The zero-order valence-corrected chi connectivity index (χ0v) is 16.6. The van der Waals surface area contributed by atoms with Crippen LogP contribution in [0.1, 0.15) is 16.8 Å². The number of benzene rings is 2. The highest BCUT2D eigenvalue weighted by Gasteiger charge is 2.34. The van der Waals surface area contributed by atoms with E-state index in [0.717, 1.165) is 11.8 Å². The molecule has 0 aromatic heterocycles. The topological polar surface area (TPSA) is 118 Å². The van der Waals surface area contributed by atoms with Gasteiger partial charge < -0.3 is 19.9 Å². The molecule has 1 saturated heterocycles. The normalized spacial score (nSPS) is 19.1. The molecule has 10 heteroatoms. The molecule has 0 aliphatic carbocycles. The van der Waals surface area contributed by atoms with Crippen molar-refractivity contribution in [3.8, 4) is 11.5 Å². The van der Waals surface area contributed by atoms with E-state index in [9.17, 15) is 14.4 Å². The van der Waals surface area contributed by atoms with Crippen molar-refractivity contribution in [1.29, 1.82) is 0 Å². The van der Waals surface area contributed by atoms with E-state index in [0.29, 0.717) is 28.0 Å². The van der Waals surface area contributed by atoms with Crippen LogP contribution in [0.5, 0.6) is 11.5 Å². The Morgan fingerprint density at radius 3 is 2.80 bits per heavy atom. The van der Waals surface area contributed by atoms with E-state index in [1.54, 1.807) is 37.4 Å². The van der Waals surface area contributed by atoms with Gasteiger partial charge in [-0.15, -0.1) is 0 Å². The van der Waals surface area contributed by atoms with Gasteiger partial charge >= 0.3 is 5.97 Å². The zero-order chi connectivity index (χ0) is 21.3. The minimum absolute atomic E-state index is 0.00573. The molecule has 2 aliphatic rings. The second-order valence-corrected chi connectivity index (χ2v) is 7.74. The molecule has 1 fully saturated rings. The van der Waals surface area contributed by atoms with Crippen LogP contribution in [0.2, 0.25) is 0 Å². The van der Waals surface area contributed by atoms with Gasteiger partial charge in [0.2, 0.25) is 18.6 Å². The van der Waals surface area contributed by atoms with Crippen molar-refractivity contribution in [3.05, 3.63) is 48.0 Å². The number of rotatable bonds is 4. The molecule has 30 heavy (non-hydrogen) atoms. The Kier molecular flexibility index (Phi) is 5.32. The number of carbonyl (C=O) groups is 3. The zero-order valence-electron chi connectivity index (χ0n) is 15.8. The van der Waals surface area contributed by atoms with E-state index in [1.807, 2.05) is 0 Å².